The average Bonchev–Trinajstić information content (AvgIpc) is 2.57. The van der Waals surface area contributed by atoms with Gasteiger partial charge in [-0.3, -0.25) is 0 Å². The van der Waals surface area contributed by atoms with Crippen molar-refractivity contribution in [1.29, 1.82) is 0 Å². The average molecular weight is 336 g/mol. The lowest BCUT2D eigenvalue weighted by molar-refractivity contribution is 0.452. The van der Waals surface area contributed by atoms with Crippen LogP contribution in [-0.2, 0) is 34.0 Å². The first-order valence-electron chi connectivity index (χ1n) is 6.63. The molecule has 0 aromatic carbocycles. The molecule has 0 saturated heterocycles. The van der Waals surface area contributed by atoms with Crippen molar-refractivity contribution in [2.45, 2.75) is 19.6 Å². The summed E-state index contributed by atoms with van der Waals surface area (Å²) in [5.41, 5.74) is -2.79. The summed E-state index contributed by atoms with van der Waals surface area (Å²) in [6.07, 6.45) is 3.80. The zero-order valence-electron chi connectivity index (χ0n) is 12.4. The van der Waals surface area contributed by atoms with Gasteiger partial charge < -0.3 is 0 Å². The first kappa shape index (κ1) is 18.6. The third kappa shape index (κ3) is 4.52. The molecule has 0 aliphatic rings. The summed E-state index contributed by atoms with van der Waals surface area (Å²) in [5, 5.41) is 0. The van der Waals surface area contributed by atoms with Crippen molar-refractivity contribution < 1.29 is 14.4 Å². The Bertz CT molecular complexity index is 756. The van der Waals surface area contributed by atoms with Gasteiger partial charge >= 0.3 is 17.1 Å². The smallest absolute Gasteiger partial charge is 0.247 e. The molecule has 24 heavy (non-hydrogen) atoms. The molecule has 1 rings (SSSR count). The predicted octanol–water partition coefficient (Wildman–Crippen LogP) is -2.82. The van der Waals surface area contributed by atoms with Crippen LogP contribution in [0.5, 0.6) is 0 Å². The quantitative estimate of drug-likeness (QED) is 0.350. The Morgan fingerprint density at radius 3 is 1.04 bits per heavy atom. The minimum absolute atomic E-state index is 0.185. The zero-order chi connectivity index (χ0) is 17.9. The van der Waals surface area contributed by atoms with Crippen LogP contribution in [0, 0.1) is 0 Å². The molecule has 1 aromatic heterocycles. The summed E-state index contributed by atoms with van der Waals surface area (Å²) in [5.74, 6) is 0. The number of hydrogen-bond acceptors (Lipinski definition) is 9. The van der Waals surface area contributed by atoms with Gasteiger partial charge in [-0.1, -0.05) is 0 Å². The SMILES string of the molecule is O=C=NCCn1c(=O)n(CCN=C=O)c(=O)n(CCN=C=O)c1=O. The molecule has 12 heteroatoms. The molecule has 1 heterocycles. The second kappa shape index (κ2) is 9.54. The molecule has 0 atom stereocenters. The second-order valence-electron chi connectivity index (χ2n) is 4.22. The fourth-order valence-corrected chi connectivity index (χ4v) is 1.84. The first-order chi connectivity index (χ1) is 11.6. The van der Waals surface area contributed by atoms with E-state index in [9.17, 15) is 28.8 Å². The lowest BCUT2D eigenvalue weighted by Gasteiger charge is -2.11. The van der Waals surface area contributed by atoms with E-state index in [4.69, 9.17) is 0 Å². The topological polar surface area (TPSA) is 154 Å². The Morgan fingerprint density at radius 2 is 0.833 bits per heavy atom. The molecule has 0 saturated carbocycles. The van der Waals surface area contributed by atoms with Crippen molar-refractivity contribution in [3.63, 3.8) is 0 Å². The number of nitrogens with zero attached hydrogens (tertiary/aromatic N) is 6. The molecular formula is C12H12N6O6. The molecule has 1 aromatic rings. The van der Waals surface area contributed by atoms with E-state index >= 15 is 0 Å². The van der Waals surface area contributed by atoms with Gasteiger partial charge in [0.05, 0.1) is 39.3 Å². The summed E-state index contributed by atoms with van der Waals surface area (Å²) in [4.78, 5) is 76.7. The Hall–Kier alpha value is -3.45. The molecule has 0 unspecified atom stereocenters. The fourth-order valence-electron chi connectivity index (χ4n) is 1.84. The summed E-state index contributed by atoms with van der Waals surface area (Å²) < 4.78 is 2.12. The number of rotatable bonds is 9. The van der Waals surface area contributed by atoms with Gasteiger partial charge in [-0.2, -0.15) is 0 Å². The largest absolute Gasteiger partial charge is 0.336 e. The molecule has 0 aliphatic carbocycles. The predicted molar refractivity (Wildman–Crippen MR) is 78.2 cm³/mol. The number of aromatic nitrogens is 3. The maximum Gasteiger partial charge on any atom is 0.336 e. The van der Waals surface area contributed by atoms with Crippen LogP contribution in [0.25, 0.3) is 0 Å². The van der Waals surface area contributed by atoms with Crippen LogP contribution < -0.4 is 17.1 Å². The van der Waals surface area contributed by atoms with E-state index in [1.807, 2.05) is 0 Å². The van der Waals surface area contributed by atoms with Crippen LogP contribution >= 0.6 is 0 Å². The lowest BCUT2D eigenvalue weighted by Crippen LogP contribution is -2.55. The van der Waals surface area contributed by atoms with Gasteiger partial charge in [0.2, 0.25) is 18.2 Å². The molecule has 0 bridgehead atoms. The highest BCUT2D eigenvalue weighted by atomic mass is 16.2. The third-order valence-electron chi connectivity index (χ3n) is 2.89. The highest BCUT2D eigenvalue weighted by Gasteiger charge is 2.14. The van der Waals surface area contributed by atoms with Gasteiger partial charge in [-0.05, 0) is 0 Å². The summed E-state index contributed by atoms with van der Waals surface area (Å²) in [6.45, 7) is -1.30. The molecule has 0 fully saturated rings. The monoisotopic (exact) mass is 336 g/mol. The van der Waals surface area contributed by atoms with Crippen molar-refractivity contribution in [1.82, 2.24) is 13.7 Å². The van der Waals surface area contributed by atoms with E-state index in [1.165, 1.54) is 18.2 Å². The van der Waals surface area contributed by atoms with E-state index in [2.05, 4.69) is 15.0 Å². The highest BCUT2D eigenvalue weighted by molar-refractivity contribution is 5.33. The van der Waals surface area contributed by atoms with Crippen molar-refractivity contribution in [2.24, 2.45) is 15.0 Å². The Balaban J connectivity index is 3.44. The van der Waals surface area contributed by atoms with E-state index in [1.54, 1.807) is 0 Å². The van der Waals surface area contributed by atoms with Crippen LogP contribution in [0.4, 0.5) is 0 Å². The first-order valence-corrected chi connectivity index (χ1v) is 6.63. The van der Waals surface area contributed by atoms with Gasteiger partial charge in [0.1, 0.15) is 0 Å². The third-order valence-corrected chi connectivity index (χ3v) is 2.89. The van der Waals surface area contributed by atoms with Crippen LogP contribution in [0.1, 0.15) is 0 Å². The number of hydrogen-bond donors (Lipinski definition) is 0. The van der Waals surface area contributed by atoms with Crippen molar-refractivity contribution in [3.8, 4) is 0 Å². The van der Waals surface area contributed by atoms with Crippen molar-refractivity contribution >= 4 is 18.2 Å². The maximum absolute atomic E-state index is 12.2. The van der Waals surface area contributed by atoms with E-state index in [-0.39, 0.29) is 39.3 Å². The van der Waals surface area contributed by atoms with Crippen LogP contribution in [0.15, 0.2) is 29.4 Å². The molecule has 12 nitrogen and oxygen atoms in total. The highest BCUT2D eigenvalue weighted by Crippen LogP contribution is 1.81. The van der Waals surface area contributed by atoms with Gasteiger partial charge in [-0.25, -0.2) is 57.4 Å². The minimum Gasteiger partial charge on any atom is -0.247 e. The van der Waals surface area contributed by atoms with Gasteiger partial charge in [0.15, 0.2) is 0 Å². The summed E-state index contributed by atoms with van der Waals surface area (Å²) >= 11 is 0. The molecule has 126 valence electrons. The zero-order valence-corrected chi connectivity index (χ0v) is 12.4. The van der Waals surface area contributed by atoms with Crippen LogP contribution in [-0.4, -0.2) is 51.6 Å². The molecule has 0 N–H and O–H groups in total. The Morgan fingerprint density at radius 1 is 0.583 bits per heavy atom. The number of carbonyl (C=O) groups excluding carboxylic acids is 3. The summed E-state index contributed by atoms with van der Waals surface area (Å²) in [6, 6.07) is 0. The standard InChI is InChI=1S/C12H12N6O6/c19-7-13-1-4-16-10(22)17(5-2-14-8-20)12(24)18(11(16)23)6-3-15-9-21/h1-6H2. The minimum atomic E-state index is -0.928. The summed E-state index contributed by atoms with van der Waals surface area (Å²) in [7, 11) is 0. The van der Waals surface area contributed by atoms with Gasteiger partial charge in [0.25, 0.3) is 0 Å². The lowest BCUT2D eigenvalue weighted by atomic mass is 10.5. The maximum atomic E-state index is 12.2. The Labute approximate surface area is 133 Å². The molecule has 0 aliphatic heterocycles. The molecule has 0 amide bonds. The van der Waals surface area contributed by atoms with E-state index in [0.717, 1.165) is 0 Å². The fraction of sp³-hybridized carbons (Fsp3) is 0.500. The molecule has 0 radical (unpaired) electrons. The van der Waals surface area contributed by atoms with Crippen LogP contribution in [0.3, 0.4) is 0 Å². The molecular weight excluding hydrogens is 324 g/mol. The van der Waals surface area contributed by atoms with Gasteiger partial charge in [0, 0.05) is 0 Å². The van der Waals surface area contributed by atoms with E-state index in [0.29, 0.717) is 13.7 Å². The Kier molecular flexibility index (Phi) is 7.40. The number of isocyanates is 3. The van der Waals surface area contributed by atoms with E-state index < -0.39 is 17.1 Å². The molecule has 0 spiro atoms. The van der Waals surface area contributed by atoms with Gasteiger partial charge in [-0.15, -0.1) is 0 Å². The normalized spacial score (nSPS) is 9.50. The second-order valence-corrected chi connectivity index (χ2v) is 4.22. The van der Waals surface area contributed by atoms with Crippen LogP contribution in [0.2, 0.25) is 0 Å². The van der Waals surface area contributed by atoms with Crippen molar-refractivity contribution in [3.05, 3.63) is 31.5 Å². The number of aliphatic imine (C=N–C) groups is 3. The van der Waals surface area contributed by atoms with Crippen molar-refractivity contribution in [2.75, 3.05) is 19.6 Å².